The van der Waals surface area contributed by atoms with Crippen LogP contribution in [-0.4, -0.2) is 21.3 Å². The maximum atomic E-state index is 10.9. The molecule has 0 aliphatic heterocycles. The van der Waals surface area contributed by atoms with Gasteiger partial charge in [0.15, 0.2) is 6.29 Å². The molecule has 0 fully saturated rings. The van der Waals surface area contributed by atoms with Crippen molar-refractivity contribution in [1.82, 2.24) is 15.0 Å². The molecule has 18 heavy (non-hydrogen) atoms. The predicted molar refractivity (Wildman–Crippen MR) is 67.2 cm³/mol. The molecule has 0 unspecified atom stereocenters. The Morgan fingerprint density at radius 3 is 2.83 bits per heavy atom. The van der Waals surface area contributed by atoms with Crippen LogP contribution in [0.4, 0.5) is 0 Å². The number of aldehydes is 1. The van der Waals surface area contributed by atoms with E-state index in [0.29, 0.717) is 28.3 Å². The minimum absolute atomic E-state index is 0.177. The zero-order chi connectivity index (χ0) is 13.1. The van der Waals surface area contributed by atoms with Crippen molar-refractivity contribution in [2.24, 2.45) is 7.05 Å². The van der Waals surface area contributed by atoms with Crippen LogP contribution in [0.25, 0.3) is 0 Å². The number of hydrogen-bond donors (Lipinski definition) is 0. The number of rotatable bonds is 4. The average molecular weight is 286 g/mol. The van der Waals surface area contributed by atoms with Crippen LogP contribution in [0.5, 0.6) is 5.75 Å². The summed E-state index contributed by atoms with van der Waals surface area (Å²) in [7, 11) is 1.75. The molecule has 0 saturated heterocycles. The van der Waals surface area contributed by atoms with Gasteiger partial charge in [-0.25, -0.2) is 0 Å². The summed E-state index contributed by atoms with van der Waals surface area (Å²) in [5, 5.41) is 8.30. The van der Waals surface area contributed by atoms with Gasteiger partial charge in [0.05, 0.1) is 16.8 Å². The zero-order valence-corrected chi connectivity index (χ0v) is 10.9. The second-order valence-electron chi connectivity index (χ2n) is 3.60. The number of carbonyl (C=O) groups is 1. The highest BCUT2D eigenvalue weighted by molar-refractivity contribution is 6.36. The summed E-state index contributed by atoms with van der Waals surface area (Å²) in [6.07, 6.45) is 2.36. The molecule has 0 amide bonds. The number of halogens is 2. The van der Waals surface area contributed by atoms with E-state index in [4.69, 9.17) is 27.9 Å². The first-order chi connectivity index (χ1) is 8.60. The predicted octanol–water partition coefficient (Wildman–Crippen LogP) is 2.51. The molecule has 7 heteroatoms. The van der Waals surface area contributed by atoms with Crippen LogP contribution in [0.1, 0.15) is 16.1 Å². The quantitative estimate of drug-likeness (QED) is 0.810. The highest BCUT2D eigenvalue weighted by atomic mass is 35.5. The smallest absolute Gasteiger partial charge is 0.153 e. The number of benzene rings is 1. The highest BCUT2D eigenvalue weighted by Crippen LogP contribution is 2.31. The minimum atomic E-state index is 0.177. The van der Waals surface area contributed by atoms with Crippen molar-refractivity contribution in [2.45, 2.75) is 6.61 Å². The van der Waals surface area contributed by atoms with Gasteiger partial charge < -0.3 is 4.74 Å². The molecular formula is C11H9Cl2N3O2. The molecule has 0 saturated carbocycles. The standard InChI is InChI=1S/C11H9Cl2N3O2/c1-16-4-9(14-15-16)6-18-11-7(5-17)2-8(12)3-10(11)13/h2-5H,6H2,1H3. The van der Waals surface area contributed by atoms with Gasteiger partial charge in [0.2, 0.25) is 0 Å². The van der Waals surface area contributed by atoms with E-state index in [-0.39, 0.29) is 11.6 Å². The number of aryl methyl sites for hydroxylation is 1. The van der Waals surface area contributed by atoms with Crippen LogP contribution in [0.3, 0.4) is 0 Å². The van der Waals surface area contributed by atoms with Crippen molar-refractivity contribution >= 4 is 29.5 Å². The van der Waals surface area contributed by atoms with Gasteiger partial charge in [-0.2, -0.15) is 0 Å². The lowest BCUT2D eigenvalue weighted by molar-refractivity contribution is 0.111. The van der Waals surface area contributed by atoms with Crippen molar-refractivity contribution in [2.75, 3.05) is 0 Å². The number of carbonyl (C=O) groups excluding carboxylic acids is 1. The summed E-state index contributed by atoms with van der Waals surface area (Å²) in [5.41, 5.74) is 0.941. The van der Waals surface area contributed by atoms with Gasteiger partial charge in [-0.1, -0.05) is 28.4 Å². The number of aromatic nitrogens is 3. The number of ether oxygens (including phenoxy) is 1. The van der Waals surface area contributed by atoms with Crippen LogP contribution in [0.2, 0.25) is 10.0 Å². The van der Waals surface area contributed by atoms with E-state index in [1.165, 1.54) is 12.1 Å². The first kappa shape index (κ1) is 12.9. The lowest BCUT2D eigenvalue weighted by Gasteiger charge is -2.09. The fraction of sp³-hybridized carbons (Fsp3) is 0.182. The summed E-state index contributed by atoms with van der Waals surface area (Å²) < 4.78 is 7.03. The molecule has 0 spiro atoms. The molecule has 5 nitrogen and oxygen atoms in total. The first-order valence-corrected chi connectivity index (χ1v) is 5.78. The molecule has 2 aromatic rings. The van der Waals surface area contributed by atoms with E-state index in [0.717, 1.165) is 0 Å². The SMILES string of the molecule is Cn1cc(COc2c(Cl)cc(Cl)cc2C=O)nn1. The third-order valence-electron chi connectivity index (χ3n) is 2.18. The fourth-order valence-corrected chi connectivity index (χ4v) is 1.99. The molecule has 0 bridgehead atoms. The third kappa shape index (κ3) is 2.80. The second kappa shape index (κ2) is 5.37. The summed E-state index contributed by atoms with van der Waals surface area (Å²) >= 11 is 11.8. The normalized spacial score (nSPS) is 10.4. The number of hydrogen-bond acceptors (Lipinski definition) is 4. The van der Waals surface area contributed by atoms with Crippen molar-refractivity contribution in [3.8, 4) is 5.75 Å². The molecule has 1 aromatic carbocycles. The summed E-state index contributed by atoms with van der Waals surface area (Å²) in [6.45, 7) is 0.177. The molecule has 0 radical (unpaired) electrons. The molecule has 0 aliphatic carbocycles. The molecule has 0 aliphatic rings. The Hall–Kier alpha value is -1.59. The van der Waals surface area contributed by atoms with E-state index in [1.807, 2.05) is 0 Å². The summed E-state index contributed by atoms with van der Waals surface area (Å²) in [6, 6.07) is 3.01. The van der Waals surface area contributed by atoms with Crippen molar-refractivity contribution < 1.29 is 9.53 Å². The van der Waals surface area contributed by atoms with Crippen molar-refractivity contribution in [3.63, 3.8) is 0 Å². The van der Waals surface area contributed by atoms with Gasteiger partial charge in [0.1, 0.15) is 18.1 Å². The average Bonchev–Trinajstić information content (AvgIpc) is 2.73. The molecule has 1 heterocycles. The molecular weight excluding hydrogens is 277 g/mol. The van der Waals surface area contributed by atoms with E-state index in [1.54, 1.807) is 17.9 Å². The Morgan fingerprint density at radius 2 is 2.22 bits per heavy atom. The Kier molecular flexibility index (Phi) is 3.84. The molecule has 0 N–H and O–H groups in total. The summed E-state index contributed by atoms with van der Waals surface area (Å²) in [4.78, 5) is 10.9. The molecule has 0 atom stereocenters. The van der Waals surface area contributed by atoms with E-state index in [9.17, 15) is 4.79 Å². The maximum Gasteiger partial charge on any atom is 0.153 e. The van der Waals surface area contributed by atoms with Crippen LogP contribution in [-0.2, 0) is 13.7 Å². The van der Waals surface area contributed by atoms with Gasteiger partial charge in [-0.3, -0.25) is 9.48 Å². The van der Waals surface area contributed by atoms with E-state index >= 15 is 0 Å². The monoisotopic (exact) mass is 285 g/mol. The van der Waals surface area contributed by atoms with Crippen LogP contribution < -0.4 is 4.74 Å². The van der Waals surface area contributed by atoms with Crippen LogP contribution in [0.15, 0.2) is 18.3 Å². The minimum Gasteiger partial charge on any atom is -0.485 e. The van der Waals surface area contributed by atoms with E-state index in [2.05, 4.69) is 10.3 Å². The Labute approximate surface area is 113 Å². The largest absolute Gasteiger partial charge is 0.485 e. The maximum absolute atomic E-state index is 10.9. The zero-order valence-electron chi connectivity index (χ0n) is 9.43. The van der Waals surface area contributed by atoms with Gasteiger partial charge in [0.25, 0.3) is 0 Å². The molecule has 2 rings (SSSR count). The second-order valence-corrected chi connectivity index (χ2v) is 4.44. The van der Waals surface area contributed by atoms with E-state index < -0.39 is 0 Å². The van der Waals surface area contributed by atoms with Crippen molar-refractivity contribution in [3.05, 3.63) is 39.6 Å². The van der Waals surface area contributed by atoms with Gasteiger partial charge in [-0.05, 0) is 12.1 Å². The van der Waals surface area contributed by atoms with Gasteiger partial charge in [0, 0.05) is 12.1 Å². The summed E-state index contributed by atoms with van der Waals surface area (Å²) in [5.74, 6) is 0.293. The van der Waals surface area contributed by atoms with Gasteiger partial charge in [-0.15, -0.1) is 5.10 Å². The lowest BCUT2D eigenvalue weighted by atomic mass is 10.2. The lowest BCUT2D eigenvalue weighted by Crippen LogP contribution is -1.99. The Morgan fingerprint density at radius 1 is 1.44 bits per heavy atom. The Balaban J connectivity index is 2.20. The van der Waals surface area contributed by atoms with Gasteiger partial charge >= 0.3 is 0 Å². The fourth-order valence-electron chi connectivity index (χ4n) is 1.43. The third-order valence-corrected chi connectivity index (χ3v) is 2.68. The van der Waals surface area contributed by atoms with Crippen LogP contribution in [0, 0.1) is 0 Å². The number of nitrogens with zero attached hydrogens (tertiary/aromatic N) is 3. The molecule has 94 valence electrons. The van der Waals surface area contributed by atoms with Crippen LogP contribution >= 0.6 is 23.2 Å². The highest BCUT2D eigenvalue weighted by Gasteiger charge is 2.11. The van der Waals surface area contributed by atoms with Crippen molar-refractivity contribution in [1.29, 1.82) is 0 Å². The Bertz CT molecular complexity index is 584. The molecule has 1 aromatic heterocycles. The topological polar surface area (TPSA) is 57.0 Å². The first-order valence-electron chi connectivity index (χ1n) is 5.02.